The minimum absolute atomic E-state index is 0.230. The predicted octanol–water partition coefficient (Wildman–Crippen LogP) is 1.70. The molecule has 0 bridgehead atoms. The summed E-state index contributed by atoms with van der Waals surface area (Å²) >= 11 is 0. The number of nitrogens with one attached hydrogen (secondary N) is 2. The Kier molecular flexibility index (Phi) is 5.64. The van der Waals surface area contributed by atoms with Gasteiger partial charge < -0.3 is 15.4 Å². The van der Waals surface area contributed by atoms with Crippen LogP contribution in [0.2, 0.25) is 0 Å². The molecule has 0 spiro atoms. The standard InChI is InChI=1S/C15H28N2O2/c1-16-11-15(7-2-8-15)12-17-14(18)4-3-13-5-9-19-10-6-13/h13,16H,2-12H2,1H3,(H,17,18). The normalized spacial score (nSPS) is 22.8. The highest BCUT2D eigenvalue weighted by molar-refractivity contribution is 5.75. The molecule has 0 unspecified atom stereocenters. The maximum absolute atomic E-state index is 11.9. The Morgan fingerprint density at radius 2 is 2.00 bits per heavy atom. The van der Waals surface area contributed by atoms with Gasteiger partial charge in [-0.05, 0) is 45.1 Å². The molecule has 1 aliphatic carbocycles. The molecule has 0 aromatic heterocycles. The van der Waals surface area contributed by atoms with E-state index in [0.717, 1.165) is 45.6 Å². The second-order valence-electron chi connectivity index (χ2n) is 6.26. The Morgan fingerprint density at radius 1 is 1.26 bits per heavy atom. The van der Waals surface area contributed by atoms with Crippen LogP contribution >= 0.6 is 0 Å². The zero-order chi connectivity index (χ0) is 13.6. The van der Waals surface area contributed by atoms with Crippen LogP contribution in [-0.2, 0) is 9.53 Å². The number of hydrogen-bond acceptors (Lipinski definition) is 3. The maximum Gasteiger partial charge on any atom is 0.220 e. The number of amides is 1. The number of carbonyl (C=O) groups is 1. The van der Waals surface area contributed by atoms with Crippen molar-refractivity contribution in [1.82, 2.24) is 10.6 Å². The highest BCUT2D eigenvalue weighted by atomic mass is 16.5. The second-order valence-corrected chi connectivity index (χ2v) is 6.26. The van der Waals surface area contributed by atoms with Crippen molar-refractivity contribution in [2.24, 2.45) is 11.3 Å². The quantitative estimate of drug-likeness (QED) is 0.739. The third kappa shape index (κ3) is 4.46. The van der Waals surface area contributed by atoms with Crippen LogP contribution < -0.4 is 10.6 Å². The van der Waals surface area contributed by atoms with E-state index >= 15 is 0 Å². The first-order valence-electron chi connectivity index (χ1n) is 7.73. The van der Waals surface area contributed by atoms with E-state index in [4.69, 9.17) is 4.74 Å². The lowest BCUT2D eigenvalue weighted by atomic mass is 9.68. The molecule has 0 radical (unpaired) electrons. The van der Waals surface area contributed by atoms with Crippen molar-refractivity contribution in [2.75, 3.05) is 33.4 Å². The first kappa shape index (κ1) is 14.8. The molecule has 2 fully saturated rings. The monoisotopic (exact) mass is 268 g/mol. The summed E-state index contributed by atoms with van der Waals surface area (Å²) in [4.78, 5) is 11.9. The molecule has 0 aromatic carbocycles. The number of rotatable bonds is 7. The van der Waals surface area contributed by atoms with Gasteiger partial charge in [-0.25, -0.2) is 0 Å². The lowest BCUT2D eigenvalue weighted by Gasteiger charge is -2.42. The van der Waals surface area contributed by atoms with Crippen LogP contribution in [0.15, 0.2) is 0 Å². The van der Waals surface area contributed by atoms with Gasteiger partial charge in [-0.15, -0.1) is 0 Å². The van der Waals surface area contributed by atoms with Crippen molar-refractivity contribution in [3.05, 3.63) is 0 Å². The van der Waals surface area contributed by atoms with E-state index in [-0.39, 0.29) is 5.91 Å². The average Bonchev–Trinajstić information content (AvgIpc) is 2.40. The molecule has 0 atom stereocenters. The summed E-state index contributed by atoms with van der Waals surface area (Å²) in [6.45, 7) is 3.61. The van der Waals surface area contributed by atoms with Crippen LogP contribution in [-0.4, -0.2) is 39.3 Å². The highest BCUT2D eigenvalue weighted by Gasteiger charge is 2.36. The van der Waals surface area contributed by atoms with E-state index in [1.165, 1.54) is 19.3 Å². The van der Waals surface area contributed by atoms with Gasteiger partial charge in [0.1, 0.15) is 0 Å². The first-order chi connectivity index (χ1) is 9.24. The summed E-state index contributed by atoms with van der Waals surface area (Å²) in [5, 5.41) is 6.39. The van der Waals surface area contributed by atoms with Gasteiger partial charge in [0.25, 0.3) is 0 Å². The van der Waals surface area contributed by atoms with Gasteiger partial charge in [0.2, 0.25) is 5.91 Å². The summed E-state index contributed by atoms with van der Waals surface area (Å²) in [5.41, 5.74) is 0.336. The molecule has 1 heterocycles. The number of ether oxygens (including phenoxy) is 1. The van der Waals surface area contributed by atoms with E-state index in [1.54, 1.807) is 0 Å². The fourth-order valence-corrected chi connectivity index (χ4v) is 3.21. The highest BCUT2D eigenvalue weighted by Crippen LogP contribution is 2.39. The van der Waals surface area contributed by atoms with Crippen molar-refractivity contribution in [1.29, 1.82) is 0 Å². The fraction of sp³-hybridized carbons (Fsp3) is 0.933. The molecule has 2 N–H and O–H groups in total. The molecular formula is C15H28N2O2. The topological polar surface area (TPSA) is 50.4 Å². The zero-order valence-corrected chi connectivity index (χ0v) is 12.2. The van der Waals surface area contributed by atoms with E-state index in [9.17, 15) is 4.79 Å². The molecule has 0 aromatic rings. The van der Waals surface area contributed by atoms with Crippen molar-refractivity contribution in [3.8, 4) is 0 Å². The molecular weight excluding hydrogens is 240 g/mol. The Labute approximate surface area is 116 Å². The van der Waals surface area contributed by atoms with Crippen molar-refractivity contribution in [3.63, 3.8) is 0 Å². The van der Waals surface area contributed by atoms with Crippen LogP contribution in [0, 0.1) is 11.3 Å². The Hall–Kier alpha value is -0.610. The Balaban J connectivity index is 1.61. The molecule has 1 saturated heterocycles. The van der Waals surface area contributed by atoms with Crippen LogP contribution in [0.3, 0.4) is 0 Å². The third-order valence-corrected chi connectivity index (χ3v) is 4.75. The van der Waals surface area contributed by atoms with Crippen molar-refractivity contribution < 1.29 is 9.53 Å². The van der Waals surface area contributed by atoms with Gasteiger partial charge in [-0.1, -0.05) is 6.42 Å². The molecule has 4 heteroatoms. The Bertz CT molecular complexity index is 284. The second kappa shape index (κ2) is 7.25. The minimum Gasteiger partial charge on any atom is -0.381 e. The van der Waals surface area contributed by atoms with Gasteiger partial charge in [0.05, 0.1) is 0 Å². The molecule has 1 amide bonds. The number of carbonyl (C=O) groups excluding carboxylic acids is 1. The maximum atomic E-state index is 11.9. The van der Waals surface area contributed by atoms with E-state index in [0.29, 0.717) is 17.8 Å². The van der Waals surface area contributed by atoms with E-state index in [2.05, 4.69) is 10.6 Å². The summed E-state index contributed by atoms with van der Waals surface area (Å²) in [6.07, 6.45) is 7.74. The SMILES string of the molecule is CNCC1(CNC(=O)CCC2CCOCC2)CCC1. The van der Waals surface area contributed by atoms with Crippen LogP contribution in [0.1, 0.15) is 44.9 Å². The van der Waals surface area contributed by atoms with E-state index < -0.39 is 0 Å². The van der Waals surface area contributed by atoms with Gasteiger partial charge in [-0.3, -0.25) is 4.79 Å². The van der Waals surface area contributed by atoms with Gasteiger partial charge >= 0.3 is 0 Å². The van der Waals surface area contributed by atoms with E-state index in [1.807, 2.05) is 7.05 Å². The van der Waals surface area contributed by atoms with Gasteiger partial charge in [0.15, 0.2) is 0 Å². The molecule has 1 aliphatic heterocycles. The summed E-state index contributed by atoms with van der Waals surface area (Å²) < 4.78 is 5.34. The Morgan fingerprint density at radius 3 is 2.58 bits per heavy atom. The summed E-state index contributed by atoms with van der Waals surface area (Å²) in [5.74, 6) is 0.920. The summed E-state index contributed by atoms with van der Waals surface area (Å²) in [7, 11) is 1.99. The van der Waals surface area contributed by atoms with Gasteiger partial charge in [-0.2, -0.15) is 0 Å². The molecule has 4 nitrogen and oxygen atoms in total. The first-order valence-corrected chi connectivity index (χ1v) is 7.73. The van der Waals surface area contributed by atoms with Crippen molar-refractivity contribution in [2.45, 2.75) is 44.9 Å². The van der Waals surface area contributed by atoms with Gasteiger partial charge in [0, 0.05) is 38.1 Å². The molecule has 2 rings (SSSR count). The summed E-state index contributed by atoms with van der Waals surface area (Å²) in [6, 6.07) is 0. The smallest absolute Gasteiger partial charge is 0.220 e. The molecule has 19 heavy (non-hydrogen) atoms. The van der Waals surface area contributed by atoms with Crippen LogP contribution in [0.25, 0.3) is 0 Å². The third-order valence-electron chi connectivity index (χ3n) is 4.75. The predicted molar refractivity (Wildman–Crippen MR) is 76.0 cm³/mol. The minimum atomic E-state index is 0.230. The van der Waals surface area contributed by atoms with Crippen molar-refractivity contribution >= 4 is 5.91 Å². The molecule has 1 saturated carbocycles. The average molecular weight is 268 g/mol. The number of hydrogen-bond donors (Lipinski definition) is 2. The fourth-order valence-electron chi connectivity index (χ4n) is 3.21. The largest absolute Gasteiger partial charge is 0.381 e. The lowest BCUT2D eigenvalue weighted by Crippen LogP contribution is -2.47. The lowest BCUT2D eigenvalue weighted by molar-refractivity contribution is -0.122. The zero-order valence-electron chi connectivity index (χ0n) is 12.2. The molecule has 2 aliphatic rings. The molecule has 110 valence electrons. The van der Waals surface area contributed by atoms with Crippen LogP contribution in [0.5, 0.6) is 0 Å². The van der Waals surface area contributed by atoms with Crippen LogP contribution in [0.4, 0.5) is 0 Å².